The largest absolute Gasteiger partial charge is 0.619 e. The number of halogens is 3. The van der Waals surface area contributed by atoms with Gasteiger partial charge in [-0.2, -0.15) is 4.73 Å². The van der Waals surface area contributed by atoms with E-state index in [-0.39, 0.29) is 59.7 Å². The van der Waals surface area contributed by atoms with E-state index in [2.05, 4.69) is 4.90 Å². The first-order valence-electron chi connectivity index (χ1n) is 18.3. The average Bonchev–Trinajstić information content (AvgIpc) is 3.17. The molecule has 0 radical (unpaired) electrons. The van der Waals surface area contributed by atoms with Crippen molar-refractivity contribution in [3.63, 3.8) is 0 Å². The summed E-state index contributed by atoms with van der Waals surface area (Å²) in [6.45, 7) is 2.81. The lowest BCUT2D eigenvalue weighted by Gasteiger charge is -2.44. The number of ether oxygens (including phenoxy) is 4. The van der Waals surface area contributed by atoms with Gasteiger partial charge in [-0.3, -0.25) is 19.4 Å². The fourth-order valence-electron chi connectivity index (χ4n) is 7.55. The van der Waals surface area contributed by atoms with Gasteiger partial charge in [0.15, 0.2) is 23.9 Å². The van der Waals surface area contributed by atoms with E-state index in [0.29, 0.717) is 45.0 Å². The number of anilines is 1. The van der Waals surface area contributed by atoms with Gasteiger partial charge in [0, 0.05) is 37.2 Å². The normalized spacial score (nSPS) is 19.4. The predicted octanol–water partition coefficient (Wildman–Crippen LogP) is 6.62. The number of esters is 1. The van der Waals surface area contributed by atoms with E-state index in [1.807, 2.05) is 0 Å². The minimum absolute atomic E-state index is 0.0290. The second kappa shape index (κ2) is 16.9. The van der Waals surface area contributed by atoms with Gasteiger partial charge in [-0.25, -0.2) is 9.18 Å². The molecule has 5 heterocycles. The minimum Gasteiger partial charge on any atom is -0.619 e. The van der Waals surface area contributed by atoms with Crippen LogP contribution in [0.25, 0.3) is 0 Å². The molecule has 0 aliphatic carbocycles. The molecule has 3 aromatic carbocycles. The molecule has 0 spiro atoms. The number of likely N-dealkylation sites (tertiary alicyclic amines) is 1. The number of amides is 2. The molecule has 4 saturated heterocycles. The molecule has 8 rings (SSSR count). The Morgan fingerprint density at radius 1 is 0.929 bits per heavy atom. The number of piperidine rings is 3. The van der Waals surface area contributed by atoms with Crippen molar-refractivity contribution in [1.29, 1.82) is 0 Å². The molecule has 294 valence electrons. The summed E-state index contributed by atoms with van der Waals surface area (Å²) in [5.74, 6) is -0.864. The number of fused-ring (bicyclic) bond motifs is 3. The van der Waals surface area contributed by atoms with Crippen molar-refractivity contribution >= 4 is 46.9 Å². The SMILES string of the molecule is COc1ccc([C@H](Cc2c(Cl)c[n+]([O-])cc2Cl)OC(=O)C2CN(C(=O)c3cccc(CN(C(=O)O[C@H]4CN5CCC4CC5)c4ccccc4F)c3)C2)cc1OC. The number of benzene rings is 3. The Morgan fingerprint density at radius 2 is 1.64 bits per heavy atom. The zero-order chi connectivity index (χ0) is 39.5. The molecule has 0 saturated carbocycles. The van der Waals surface area contributed by atoms with Crippen molar-refractivity contribution in [2.24, 2.45) is 11.8 Å². The quantitative estimate of drug-likeness (QED) is 0.0883. The lowest BCUT2D eigenvalue weighted by atomic mass is 9.86. The van der Waals surface area contributed by atoms with Crippen LogP contribution in [-0.2, 0) is 27.2 Å². The molecule has 4 fully saturated rings. The van der Waals surface area contributed by atoms with Gasteiger partial charge < -0.3 is 29.1 Å². The second-order valence-corrected chi connectivity index (χ2v) is 15.1. The van der Waals surface area contributed by atoms with Gasteiger partial charge in [-0.15, -0.1) is 0 Å². The highest BCUT2D eigenvalue weighted by atomic mass is 35.5. The number of aromatic nitrogens is 1. The first kappa shape index (κ1) is 39.1. The summed E-state index contributed by atoms with van der Waals surface area (Å²) in [5.41, 5.74) is 2.01. The standard InChI is InChI=1S/C41H41Cl2FN4O8/c1-53-35-11-10-27(17-37(35)54-2)36(18-30-31(42)22-47(52)23-32(30)43)55-40(50)29-20-46(21-29)39(49)28-7-5-6-25(16-28)19-48(34-9-4-3-8-33(34)44)41(51)56-38-24-45-14-12-26(38)13-15-45/h3-11,16-17,22-23,26,29,36,38H,12-15,18-21,24H2,1-2H3/t36-,38-/m0/s1. The van der Waals surface area contributed by atoms with E-state index < -0.39 is 29.9 Å². The maximum Gasteiger partial charge on any atom is 0.415 e. The van der Waals surface area contributed by atoms with Crippen molar-refractivity contribution in [3.8, 4) is 11.5 Å². The number of hydrogen-bond acceptors (Lipinski definition) is 9. The van der Waals surface area contributed by atoms with E-state index in [0.717, 1.165) is 25.9 Å². The van der Waals surface area contributed by atoms with Gasteiger partial charge in [0.05, 0.1) is 32.4 Å². The van der Waals surface area contributed by atoms with Crippen LogP contribution in [0.1, 0.15) is 46.0 Å². The number of pyridine rings is 1. The molecule has 2 amide bonds. The van der Waals surface area contributed by atoms with Gasteiger partial charge in [-0.05, 0) is 79.4 Å². The topological polar surface area (TPSA) is 125 Å². The third-order valence-electron chi connectivity index (χ3n) is 10.7. The molecule has 2 atom stereocenters. The van der Waals surface area contributed by atoms with Crippen LogP contribution in [-0.4, -0.2) is 80.8 Å². The Bertz CT molecular complexity index is 2090. The third kappa shape index (κ3) is 8.49. The number of carbonyl (C=O) groups is 3. The van der Waals surface area contributed by atoms with Crippen LogP contribution in [0.15, 0.2) is 79.1 Å². The van der Waals surface area contributed by atoms with Gasteiger partial charge in [0.25, 0.3) is 5.91 Å². The Balaban J connectivity index is 1.03. The number of hydrogen-bond donors (Lipinski definition) is 0. The highest BCUT2D eigenvalue weighted by molar-refractivity contribution is 6.35. The van der Waals surface area contributed by atoms with Crippen LogP contribution in [0, 0.1) is 22.9 Å². The van der Waals surface area contributed by atoms with E-state index in [1.54, 1.807) is 54.6 Å². The molecule has 1 aromatic heterocycles. The molecular weight excluding hydrogens is 766 g/mol. The van der Waals surface area contributed by atoms with Crippen LogP contribution in [0.5, 0.6) is 11.5 Å². The van der Waals surface area contributed by atoms with Crippen LogP contribution in [0.4, 0.5) is 14.9 Å². The summed E-state index contributed by atoms with van der Waals surface area (Å²) in [6.07, 6.45) is 2.51. The molecule has 4 aliphatic rings. The summed E-state index contributed by atoms with van der Waals surface area (Å²) >= 11 is 12.8. The third-order valence-corrected chi connectivity index (χ3v) is 11.4. The molecule has 2 bridgehead atoms. The first-order valence-corrected chi connectivity index (χ1v) is 19.1. The Kier molecular flexibility index (Phi) is 11.8. The van der Waals surface area contributed by atoms with E-state index in [4.69, 9.17) is 42.1 Å². The van der Waals surface area contributed by atoms with Crippen molar-refractivity contribution in [3.05, 3.63) is 122 Å². The molecule has 56 heavy (non-hydrogen) atoms. The summed E-state index contributed by atoms with van der Waals surface area (Å²) in [6, 6.07) is 17.9. The van der Waals surface area contributed by atoms with Gasteiger partial charge in [-0.1, -0.05) is 53.5 Å². The highest BCUT2D eigenvalue weighted by Crippen LogP contribution is 2.36. The van der Waals surface area contributed by atoms with Crippen LogP contribution >= 0.6 is 23.2 Å². The van der Waals surface area contributed by atoms with Gasteiger partial charge in [0.1, 0.15) is 28.1 Å². The minimum atomic E-state index is -0.879. The molecule has 0 N–H and O–H groups in total. The smallest absolute Gasteiger partial charge is 0.415 e. The highest BCUT2D eigenvalue weighted by Gasteiger charge is 2.40. The predicted molar refractivity (Wildman–Crippen MR) is 205 cm³/mol. The monoisotopic (exact) mass is 806 g/mol. The lowest BCUT2D eigenvalue weighted by molar-refractivity contribution is -0.605. The zero-order valence-electron chi connectivity index (χ0n) is 30.9. The Labute approximate surface area is 333 Å². The fourth-order valence-corrected chi connectivity index (χ4v) is 8.14. The second-order valence-electron chi connectivity index (χ2n) is 14.2. The van der Waals surface area contributed by atoms with E-state index in [1.165, 1.54) is 48.5 Å². The van der Waals surface area contributed by atoms with Crippen LogP contribution < -0.4 is 19.1 Å². The number of rotatable bonds is 12. The number of carbonyl (C=O) groups excluding carboxylic acids is 3. The number of nitrogens with zero attached hydrogens (tertiary/aromatic N) is 4. The molecule has 4 aliphatic heterocycles. The summed E-state index contributed by atoms with van der Waals surface area (Å²) < 4.78 is 38.5. The lowest BCUT2D eigenvalue weighted by Crippen LogP contribution is -2.53. The van der Waals surface area contributed by atoms with Crippen LogP contribution in [0.3, 0.4) is 0 Å². The molecule has 4 aromatic rings. The maximum atomic E-state index is 15.1. The summed E-state index contributed by atoms with van der Waals surface area (Å²) in [5, 5.41) is 12.1. The van der Waals surface area contributed by atoms with Crippen molar-refractivity contribution < 1.29 is 42.5 Å². The van der Waals surface area contributed by atoms with Gasteiger partial charge in [0.2, 0.25) is 0 Å². The fraction of sp³-hybridized carbons (Fsp3) is 0.366. The maximum absolute atomic E-state index is 15.1. The molecule has 15 heteroatoms. The van der Waals surface area contributed by atoms with Crippen LogP contribution in [0.2, 0.25) is 10.0 Å². The number of methoxy groups -OCH3 is 2. The zero-order valence-corrected chi connectivity index (χ0v) is 32.4. The van der Waals surface area contributed by atoms with Crippen molar-refractivity contribution in [2.75, 3.05) is 51.8 Å². The first-order chi connectivity index (χ1) is 27.0. The molecular formula is C41H41Cl2FN4O8. The summed E-state index contributed by atoms with van der Waals surface area (Å²) in [7, 11) is 3.00. The molecule has 0 unspecified atom stereocenters. The van der Waals surface area contributed by atoms with E-state index in [9.17, 15) is 19.6 Å². The van der Waals surface area contributed by atoms with Crippen molar-refractivity contribution in [2.45, 2.75) is 38.0 Å². The average molecular weight is 808 g/mol. The summed E-state index contributed by atoms with van der Waals surface area (Å²) in [4.78, 5) is 46.0. The van der Waals surface area contributed by atoms with Gasteiger partial charge >= 0.3 is 12.1 Å². The van der Waals surface area contributed by atoms with E-state index >= 15 is 4.39 Å². The Morgan fingerprint density at radius 3 is 2.30 bits per heavy atom. The van der Waals surface area contributed by atoms with Crippen molar-refractivity contribution in [1.82, 2.24) is 9.80 Å². The molecule has 12 nitrogen and oxygen atoms in total. The Hall–Kier alpha value is -5.11. The number of para-hydroxylation sites is 1.